The monoisotopic (exact) mass is 1830 g/mol. The fraction of sp³-hybridized carbons (Fsp3) is 0.225. The Bertz CT molecular complexity index is 4520. The average molecular weight is 1830 g/mol. The molecule has 648 valence electrons. The number of hydrogen-bond acceptors (Lipinski definition) is 9. The maximum absolute atomic E-state index is 11.2. The third-order valence-electron chi connectivity index (χ3n) is 22.8. The Morgan fingerprint density at radius 3 is 0.688 bits per heavy atom. The molecular weight excluding hydrogens is 1710 g/mol. The second-order valence-corrected chi connectivity index (χ2v) is 41.2. The molecule has 0 aromatic heterocycles. The van der Waals surface area contributed by atoms with Crippen LogP contribution in [0.4, 0.5) is 0 Å². The minimum absolute atomic E-state index is 0. The minimum Gasteiger partial charge on any atom is -0.458 e. The number of aliphatic hydroxyl groups is 1. The molecule has 125 heavy (non-hydrogen) atoms. The van der Waals surface area contributed by atoms with E-state index in [1.807, 2.05) is 26.8 Å². The van der Waals surface area contributed by atoms with E-state index in [9.17, 15) is 33.9 Å². The Labute approximate surface area is 762 Å². The molecule has 1 N–H and O–H groups in total. The third kappa shape index (κ3) is 30.1. The Balaban J connectivity index is 0.000000199. The second kappa shape index (κ2) is 51.9. The van der Waals surface area contributed by atoms with E-state index in [2.05, 4.69) is 437 Å². The SMILES string of the molecule is CC(=O)OC(C)=O.CC(=O)OC1C[C@@H](C)C(C)(C)C(C=O)=C1C.CC1=C(C=O)C(C)(C)C(C)C=C1.CC1=C(C=O)C(C)(C)[C@H](C)CC1O.[Pd].c1ccc(P(c2ccccc2)c2ccccc2)cc1.c1ccc(P(c2ccccc2)c2ccccc2)cc1.c1ccc(P(c2ccccc2)c2ccccc2)cc1.c1ccc(P(c2ccccc2)c2ccccc2)cc1. The van der Waals surface area contributed by atoms with Crippen LogP contribution in [0.25, 0.3) is 0 Å². The molecule has 0 bridgehead atoms. The summed E-state index contributed by atoms with van der Waals surface area (Å²) in [6, 6.07) is 129. The van der Waals surface area contributed by atoms with Gasteiger partial charge in [0, 0.05) is 52.3 Å². The number of rotatable bonds is 16. The van der Waals surface area contributed by atoms with Crippen LogP contribution in [0.5, 0.6) is 0 Å². The molecule has 3 unspecified atom stereocenters. The Hall–Kier alpha value is -10.4. The van der Waals surface area contributed by atoms with Crippen molar-refractivity contribution in [2.75, 3.05) is 0 Å². The van der Waals surface area contributed by atoms with E-state index < -0.39 is 49.7 Å². The summed E-state index contributed by atoms with van der Waals surface area (Å²) >= 11 is 0. The molecule has 0 aliphatic heterocycles. The van der Waals surface area contributed by atoms with Gasteiger partial charge in [0.25, 0.3) is 0 Å². The minimum atomic E-state index is -0.562. The second-order valence-electron chi connectivity index (χ2n) is 32.3. The van der Waals surface area contributed by atoms with Crippen molar-refractivity contribution in [3.63, 3.8) is 0 Å². The standard InChI is InChI=1S/4C18H15P.C13H20O3.C11H18O2.C11H16O.C4H6O3.Pd/c4*1-4-10-16(11-5-1)19(17-12-6-2-7-13-17)18-14-8-3-9-15-18;1-8-6-12(16-10(3)15)9(2)11(7-14)13(8,4)5;1-7-5-10(13)8(2)9(6-12)11(7,3)4;1-8-5-6-9(2)11(3,4)10(8)7-12;1-3(5)7-4(2)6;/h4*1-15H;7-8,12H,6H2,1-5H3;6-7,10,13H,5H2,1-4H3;5-7,9H,1-4H3;1-2H3;/t;;;;8-,12?;7-,10?;;;/m....11.../s1. The van der Waals surface area contributed by atoms with Crippen LogP contribution in [0.3, 0.4) is 0 Å². The molecule has 15 rings (SSSR count). The van der Waals surface area contributed by atoms with Crippen LogP contribution in [0.15, 0.2) is 410 Å². The molecule has 3 aliphatic carbocycles. The van der Waals surface area contributed by atoms with E-state index in [1.165, 1.54) is 84.4 Å². The van der Waals surface area contributed by atoms with Gasteiger partial charge in [-0.1, -0.05) is 438 Å². The first-order valence-electron chi connectivity index (χ1n) is 42.2. The number of ether oxygens (including phenoxy) is 2. The molecule has 0 amide bonds. The summed E-state index contributed by atoms with van der Waals surface area (Å²) in [5, 5.41) is 26.4. The molecule has 5 atom stereocenters. The number of hydrogen-bond donors (Lipinski definition) is 1. The third-order valence-corrected chi connectivity index (χ3v) is 32.6. The summed E-state index contributed by atoms with van der Waals surface area (Å²) in [6.45, 7) is 28.3. The Morgan fingerprint density at radius 1 is 0.312 bits per heavy atom. The zero-order valence-corrected chi connectivity index (χ0v) is 79.8. The van der Waals surface area contributed by atoms with Gasteiger partial charge >= 0.3 is 17.9 Å². The quantitative estimate of drug-likeness (QED) is 0.0329. The molecule has 0 spiro atoms. The molecule has 12 aromatic rings. The molecule has 0 saturated heterocycles. The van der Waals surface area contributed by atoms with Gasteiger partial charge in [0.2, 0.25) is 0 Å². The summed E-state index contributed by atoms with van der Waals surface area (Å²) < 4.78 is 9.22. The van der Waals surface area contributed by atoms with Crippen LogP contribution in [-0.2, 0) is 58.7 Å². The van der Waals surface area contributed by atoms with Crippen LogP contribution < -0.4 is 63.7 Å². The van der Waals surface area contributed by atoms with Crippen molar-refractivity contribution in [1.29, 1.82) is 0 Å². The van der Waals surface area contributed by atoms with E-state index in [-0.39, 0.29) is 48.7 Å². The van der Waals surface area contributed by atoms with Crippen LogP contribution in [0.2, 0.25) is 0 Å². The summed E-state index contributed by atoms with van der Waals surface area (Å²) in [4.78, 5) is 63.5. The molecule has 0 fully saturated rings. The molecular formula is C111H120O9P4Pd. The van der Waals surface area contributed by atoms with Gasteiger partial charge in [-0.3, -0.25) is 28.8 Å². The Morgan fingerprint density at radius 2 is 0.512 bits per heavy atom. The van der Waals surface area contributed by atoms with Gasteiger partial charge in [0.05, 0.1) is 6.10 Å². The summed E-state index contributed by atoms with van der Waals surface area (Å²) in [6.07, 6.45) is 7.89. The van der Waals surface area contributed by atoms with Crippen LogP contribution in [0, 0.1) is 34.0 Å². The van der Waals surface area contributed by atoms with Gasteiger partial charge in [0.1, 0.15) is 25.0 Å². The Kier molecular flexibility index (Phi) is 42.2. The summed E-state index contributed by atoms with van der Waals surface area (Å²) in [5.41, 5.74) is 5.11. The normalized spacial score (nSPS) is 16.7. The first-order valence-corrected chi connectivity index (χ1v) is 47.5. The molecule has 3 aliphatic rings. The van der Waals surface area contributed by atoms with Gasteiger partial charge in [-0.25, -0.2) is 0 Å². The molecule has 0 radical (unpaired) electrons. The van der Waals surface area contributed by atoms with Gasteiger partial charge in [-0.2, -0.15) is 0 Å². The van der Waals surface area contributed by atoms with Crippen molar-refractivity contribution in [2.24, 2.45) is 34.0 Å². The van der Waals surface area contributed by atoms with E-state index in [4.69, 9.17) is 4.74 Å². The van der Waals surface area contributed by atoms with Gasteiger partial charge in [-0.05, 0) is 185 Å². The zero-order chi connectivity index (χ0) is 89.6. The van der Waals surface area contributed by atoms with Gasteiger partial charge in [-0.15, -0.1) is 0 Å². The fourth-order valence-electron chi connectivity index (χ4n) is 14.9. The smallest absolute Gasteiger partial charge is 0.310 e. The van der Waals surface area contributed by atoms with Gasteiger partial charge < -0.3 is 14.6 Å². The average Bonchev–Trinajstić information content (AvgIpc) is 0.810. The zero-order valence-electron chi connectivity index (χ0n) is 74.6. The number of aliphatic hydroxyl groups excluding tert-OH is 1. The van der Waals surface area contributed by atoms with Crippen LogP contribution in [-0.4, -0.2) is 54.1 Å². The molecule has 0 saturated carbocycles. The maximum atomic E-state index is 11.2. The van der Waals surface area contributed by atoms with Crippen LogP contribution >= 0.6 is 31.7 Å². The van der Waals surface area contributed by atoms with Crippen molar-refractivity contribution in [2.45, 2.75) is 129 Å². The van der Waals surface area contributed by atoms with E-state index in [1.54, 1.807) is 0 Å². The predicted molar refractivity (Wildman–Crippen MR) is 528 cm³/mol. The van der Waals surface area contributed by atoms with Crippen molar-refractivity contribution in [3.05, 3.63) is 410 Å². The van der Waals surface area contributed by atoms with E-state index in [0.717, 1.165) is 65.1 Å². The number of carbonyl (C=O) groups excluding carboxylic acids is 6. The largest absolute Gasteiger partial charge is 0.458 e. The number of benzene rings is 12. The van der Waals surface area contributed by atoms with Crippen molar-refractivity contribution >= 4 is 132 Å². The number of allylic oxidation sites excluding steroid dienone is 6. The fourth-order valence-corrected chi connectivity index (χ4v) is 24.1. The number of esters is 3. The van der Waals surface area contributed by atoms with E-state index >= 15 is 0 Å². The summed E-state index contributed by atoms with van der Waals surface area (Å²) in [7, 11) is -1.78. The van der Waals surface area contributed by atoms with E-state index in [0.29, 0.717) is 17.8 Å². The van der Waals surface area contributed by atoms with Crippen molar-refractivity contribution in [3.8, 4) is 0 Å². The predicted octanol–water partition coefficient (Wildman–Crippen LogP) is 21.0. The molecule has 12 aromatic carbocycles. The number of aldehydes is 3. The van der Waals surface area contributed by atoms with Crippen LogP contribution in [0.1, 0.15) is 117 Å². The summed E-state index contributed by atoms with van der Waals surface area (Å²) in [5.74, 6) is -0.296. The van der Waals surface area contributed by atoms with Crippen molar-refractivity contribution in [1.82, 2.24) is 0 Å². The molecule has 0 heterocycles. The first kappa shape index (κ1) is 102. The van der Waals surface area contributed by atoms with Crippen molar-refractivity contribution < 1.29 is 63.8 Å². The first-order chi connectivity index (χ1) is 59.6. The topological polar surface area (TPSA) is 141 Å². The number of carbonyl (C=O) groups is 6. The van der Waals surface area contributed by atoms with Gasteiger partial charge in [0.15, 0.2) is 0 Å². The molecule has 14 heteroatoms. The molecule has 9 nitrogen and oxygen atoms in total. The maximum Gasteiger partial charge on any atom is 0.310 e.